The second kappa shape index (κ2) is 8.76. The molecule has 2 aliphatic rings. The molecule has 1 saturated carbocycles. The molecule has 1 saturated heterocycles. The van der Waals surface area contributed by atoms with Crippen LogP contribution in [-0.2, 0) is 4.79 Å². The molecule has 25 heavy (non-hydrogen) atoms. The van der Waals surface area contributed by atoms with Crippen molar-refractivity contribution in [2.75, 3.05) is 32.7 Å². The van der Waals surface area contributed by atoms with Crippen molar-refractivity contribution >= 4 is 5.91 Å². The van der Waals surface area contributed by atoms with E-state index in [9.17, 15) is 4.79 Å². The standard InChI is InChI=1S/C18H31N5O2/c1-14(18-19-15(2)21-25-18)23-12-10-22(11-13-23)9-8-17(24)20-16-6-4-3-5-7-16/h14,16H,3-13H2,1-2H3,(H,20,24)/t14-/m1/s1. The largest absolute Gasteiger partial charge is 0.353 e. The van der Waals surface area contributed by atoms with Gasteiger partial charge in [0, 0.05) is 45.2 Å². The number of carbonyl (C=O) groups excluding carboxylic acids is 1. The molecule has 7 heteroatoms. The highest BCUT2D eigenvalue weighted by atomic mass is 16.5. The monoisotopic (exact) mass is 349 g/mol. The average molecular weight is 349 g/mol. The molecule has 0 bridgehead atoms. The molecule has 0 spiro atoms. The lowest BCUT2D eigenvalue weighted by atomic mass is 9.95. The maximum Gasteiger partial charge on any atom is 0.243 e. The fourth-order valence-electron chi connectivity index (χ4n) is 3.82. The van der Waals surface area contributed by atoms with E-state index in [1.807, 2.05) is 6.92 Å². The Morgan fingerprint density at radius 1 is 1.24 bits per heavy atom. The smallest absolute Gasteiger partial charge is 0.243 e. The van der Waals surface area contributed by atoms with Crippen LogP contribution in [0.4, 0.5) is 0 Å². The van der Waals surface area contributed by atoms with Crippen molar-refractivity contribution in [1.29, 1.82) is 0 Å². The summed E-state index contributed by atoms with van der Waals surface area (Å²) in [5.74, 6) is 1.59. The van der Waals surface area contributed by atoms with Gasteiger partial charge in [-0.05, 0) is 26.7 Å². The summed E-state index contributed by atoms with van der Waals surface area (Å²) >= 11 is 0. The highest BCUT2D eigenvalue weighted by Gasteiger charge is 2.25. The maximum absolute atomic E-state index is 12.1. The molecule has 1 N–H and O–H groups in total. The van der Waals surface area contributed by atoms with Crippen molar-refractivity contribution in [2.45, 2.75) is 64.5 Å². The summed E-state index contributed by atoms with van der Waals surface area (Å²) in [5.41, 5.74) is 0. The third kappa shape index (κ3) is 5.25. The average Bonchev–Trinajstić information content (AvgIpc) is 3.07. The van der Waals surface area contributed by atoms with Gasteiger partial charge in [-0.2, -0.15) is 4.98 Å². The Hall–Kier alpha value is -1.47. The Bertz CT molecular complexity index is 547. The summed E-state index contributed by atoms with van der Waals surface area (Å²) in [6.45, 7) is 8.69. The van der Waals surface area contributed by atoms with Gasteiger partial charge >= 0.3 is 0 Å². The molecule has 1 amide bonds. The molecule has 0 aromatic carbocycles. The maximum atomic E-state index is 12.1. The van der Waals surface area contributed by atoms with Gasteiger partial charge in [-0.1, -0.05) is 24.4 Å². The number of carbonyl (C=O) groups is 1. The second-order valence-electron chi connectivity index (χ2n) is 7.39. The van der Waals surface area contributed by atoms with Crippen molar-refractivity contribution in [3.8, 4) is 0 Å². The molecule has 0 radical (unpaired) electrons. The van der Waals surface area contributed by atoms with E-state index in [-0.39, 0.29) is 11.9 Å². The predicted octanol–water partition coefficient (Wildman–Crippen LogP) is 1.90. The summed E-state index contributed by atoms with van der Waals surface area (Å²) in [6.07, 6.45) is 6.73. The number of nitrogens with zero attached hydrogens (tertiary/aromatic N) is 4. The van der Waals surface area contributed by atoms with E-state index in [0.717, 1.165) is 45.6 Å². The molecule has 1 aromatic rings. The molecule has 140 valence electrons. The topological polar surface area (TPSA) is 74.5 Å². The lowest BCUT2D eigenvalue weighted by molar-refractivity contribution is -0.122. The van der Waals surface area contributed by atoms with Gasteiger partial charge < -0.3 is 14.7 Å². The van der Waals surface area contributed by atoms with Crippen molar-refractivity contribution < 1.29 is 9.32 Å². The minimum absolute atomic E-state index is 0.151. The molecule has 2 heterocycles. The normalized spacial score (nSPS) is 22.0. The summed E-state index contributed by atoms with van der Waals surface area (Å²) in [6, 6.07) is 0.565. The molecule has 1 aliphatic carbocycles. The van der Waals surface area contributed by atoms with Crippen molar-refractivity contribution in [2.24, 2.45) is 0 Å². The molecule has 7 nitrogen and oxygen atoms in total. The molecular weight excluding hydrogens is 318 g/mol. The minimum atomic E-state index is 0.151. The van der Waals surface area contributed by atoms with Crippen LogP contribution in [0.25, 0.3) is 0 Å². The first-order chi connectivity index (χ1) is 12.1. The lowest BCUT2D eigenvalue weighted by Crippen LogP contribution is -2.48. The van der Waals surface area contributed by atoms with Crippen LogP contribution < -0.4 is 5.32 Å². The molecule has 1 aromatic heterocycles. The zero-order valence-corrected chi connectivity index (χ0v) is 15.5. The van der Waals surface area contributed by atoms with Crippen LogP contribution in [0.1, 0.15) is 63.2 Å². The third-order valence-corrected chi connectivity index (χ3v) is 5.48. The minimum Gasteiger partial charge on any atom is -0.353 e. The highest BCUT2D eigenvalue weighted by molar-refractivity contribution is 5.76. The van der Waals surface area contributed by atoms with E-state index >= 15 is 0 Å². The Balaban J connectivity index is 1.35. The van der Waals surface area contributed by atoms with Crippen LogP contribution in [0.3, 0.4) is 0 Å². The molecule has 3 rings (SSSR count). The number of nitrogens with one attached hydrogen (secondary N) is 1. The van der Waals surface area contributed by atoms with Crippen molar-refractivity contribution in [3.63, 3.8) is 0 Å². The second-order valence-corrected chi connectivity index (χ2v) is 7.39. The van der Waals surface area contributed by atoms with Gasteiger partial charge in [-0.25, -0.2) is 0 Å². The molecule has 1 atom stereocenters. The Morgan fingerprint density at radius 2 is 1.96 bits per heavy atom. The quantitative estimate of drug-likeness (QED) is 0.845. The summed E-state index contributed by atoms with van der Waals surface area (Å²) < 4.78 is 5.29. The number of aromatic nitrogens is 2. The third-order valence-electron chi connectivity index (χ3n) is 5.48. The number of hydrogen-bond donors (Lipinski definition) is 1. The van der Waals surface area contributed by atoms with Gasteiger partial charge in [0.2, 0.25) is 11.8 Å². The van der Waals surface area contributed by atoms with E-state index in [1.54, 1.807) is 0 Å². The Labute approximate surface area is 150 Å². The molecule has 0 unspecified atom stereocenters. The van der Waals surface area contributed by atoms with E-state index in [1.165, 1.54) is 19.3 Å². The van der Waals surface area contributed by atoms with Crippen LogP contribution >= 0.6 is 0 Å². The SMILES string of the molecule is Cc1noc([C@@H](C)N2CCN(CCC(=O)NC3CCCCC3)CC2)n1. The highest BCUT2D eigenvalue weighted by Crippen LogP contribution is 2.20. The van der Waals surface area contributed by atoms with Crippen LogP contribution in [0.15, 0.2) is 4.52 Å². The van der Waals surface area contributed by atoms with Gasteiger partial charge in [0.1, 0.15) is 0 Å². The summed E-state index contributed by atoms with van der Waals surface area (Å²) in [7, 11) is 0. The van der Waals surface area contributed by atoms with Crippen molar-refractivity contribution in [1.82, 2.24) is 25.3 Å². The fraction of sp³-hybridized carbons (Fsp3) is 0.833. The van der Waals surface area contributed by atoms with E-state index in [4.69, 9.17) is 4.52 Å². The number of rotatable bonds is 6. The number of piperazine rings is 1. The lowest BCUT2D eigenvalue weighted by Gasteiger charge is -2.36. The fourth-order valence-corrected chi connectivity index (χ4v) is 3.82. The van der Waals surface area contributed by atoms with Crippen LogP contribution in [0.5, 0.6) is 0 Å². The van der Waals surface area contributed by atoms with Gasteiger partial charge in [-0.15, -0.1) is 0 Å². The molecule has 1 aliphatic heterocycles. The predicted molar refractivity (Wildman–Crippen MR) is 95.1 cm³/mol. The van der Waals surface area contributed by atoms with Gasteiger partial charge in [-0.3, -0.25) is 9.69 Å². The van der Waals surface area contributed by atoms with Crippen LogP contribution in [0, 0.1) is 6.92 Å². The zero-order valence-electron chi connectivity index (χ0n) is 15.5. The van der Waals surface area contributed by atoms with E-state index in [2.05, 4.69) is 32.2 Å². The van der Waals surface area contributed by atoms with Gasteiger partial charge in [0.05, 0.1) is 6.04 Å². The molecular formula is C18H31N5O2. The van der Waals surface area contributed by atoms with Gasteiger partial charge in [0.25, 0.3) is 0 Å². The van der Waals surface area contributed by atoms with Crippen LogP contribution in [-0.4, -0.2) is 64.6 Å². The first-order valence-corrected chi connectivity index (χ1v) is 9.68. The van der Waals surface area contributed by atoms with E-state index < -0.39 is 0 Å². The van der Waals surface area contributed by atoms with Crippen molar-refractivity contribution in [3.05, 3.63) is 11.7 Å². The number of amides is 1. The first kappa shape index (κ1) is 18.3. The van der Waals surface area contributed by atoms with E-state index in [0.29, 0.717) is 24.2 Å². The number of aryl methyl sites for hydroxylation is 1. The van der Waals surface area contributed by atoms with Gasteiger partial charge in [0.15, 0.2) is 5.82 Å². The first-order valence-electron chi connectivity index (χ1n) is 9.68. The summed E-state index contributed by atoms with van der Waals surface area (Å²) in [5, 5.41) is 7.08. The Kier molecular flexibility index (Phi) is 6.42. The summed E-state index contributed by atoms with van der Waals surface area (Å²) in [4.78, 5) is 21.2. The zero-order chi connectivity index (χ0) is 17.6. The molecule has 2 fully saturated rings. The van der Waals surface area contributed by atoms with Crippen LogP contribution in [0.2, 0.25) is 0 Å². The number of hydrogen-bond acceptors (Lipinski definition) is 6. The Morgan fingerprint density at radius 3 is 2.60 bits per heavy atom.